The normalized spacial score (nSPS) is 16.2. The van der Waals surface area contributed by atoms with Crippen LogP contribution in [-0.2, 0) is 6.54 Å². The number of fused-ring (bicyclic) bond motifs is 1. The van der Waals surface area contributed by atoms with Gasteiger partial charge in [-0.05, 0) is 43.6 Å². The van der Waals surface area contributed by atoms with Crippen LogP contribution in [0.4, 0.5) is 4.39 Å². The number of nitrogens with two attached hydrogens (primary N) is 1. The van der Waals surface area contributed by atoms with Gasteiger partial charge in [0.25, 0.3) is 5.91 Å². The molecule has 1 aliphatic heterocycles. The fraction of sp³-hybridized carbons (Fsp3) is 0.300. The van der Waals surface area contributed by atoms with E-state index in [0.29, 0.717) is 11.0 Å². The lowest BCUT2D eigenvalue weighted by atomic mass is 9.96. The lowest BCUT2D eigenvalue weighted by Crippen LogP contribution is -2.32. The highest BCUT2D eigenvalue weighted by Gasteiger charge is 2.25. The van der Waals surface area contributed by atoms with Crippen LogP contribution in [0.1, 0.15) is 40.5 Å². The number of likely N-dealkylation sites (tertiary alicyclic amines) is 1. The van der Waals surface area contributed by atoms with Gasteiger partial charge >= 0.3 is 0 Å². The average Bonchev–Trinajstić information content (AvgIpc) is 3.06. The molecule has 134 valence electrons. The van der Waals surface area contributed by atoms with Crippen molar-refractivity contribution in [2.24, 2.45) is 5.73 Å². The van der Waals surface area contributed by atoms with Crippen molar-refractivity contribution in [2.45, 2.75) is 25.3 Å². The zero-order valence-electron chi connectivity index (χ0n) is 14.4. The summed E-state index contributed by atoms with van der Waals surface area (Å²) in [6, 6.07) is 13.3. The zero-order chi connectivity index (χ0) is 18.1. The summed E-state index contributed by atoms with van der Waals surface area (Å²) >= 11 is 0. The molecule has 1 amide bonds. The standard InChI is InChI=1S/C20H21FN4O/c21-15-6-7-16-18(17(15)19(22)26)24-20(23-16)14-8-10-25(11-9-14)12-13-4-2-1-3-5-13/h1-7,14H,8-12H2,(H2,22,26)(H,23,24). The van der Waals surface area contributed by atoms with Gasteiger partial charge < -0.3 is 10.7 Å². The molecule has 1 fully saturated rings. The van der Waals surface area contributed by atoms with Gasteiger partial charge in [0.15, 0.2) is 0 Å². The van der Waals surface area contributed by atoms with E-state index in [4.69, 9.17) is 5.73 Å². The maximum atomic E-state index is 13.9. The van der Waals surface area contributed by atoms with Gasteiger partial charge in [0, 0.05) is 12.5 Å². The molecule has 0 saturated carbocycles. The molecule has 2 heterocycles. The van der Waals surface area contributed by atoms with Crippen LogP contribution in [0.3, 0.4) is 0 Å². The molecule has 4 rings (SSSR count). The summed E-state index contributed by atoms with van der Waals surface area (Å²) in [5, 5.41) is 0. The number of nitrogens with zero attached hydrogens (tertiary/aromatic N) is 2. The minimum atomic E-state index is -0.788. The Morgan fingerprint density at radius 1 is 1.19 bits per heavy atom. The molecule has 0 unspecified atom stereocenters. The smallest absolute Gasteiger partial charge is 0.253 e. The predicted octanol–water partition coefficient (Wildman–Crippen LogP) is 3.18. The topological polar surface area (TPSA) is 75.0 Å². The highest BCUT2D eigenvalue weighted by Crippen LogP contribution is 2.29. The molecular weight excluding hydrogens is 331 g/mol. The third kappa shape index (κ3) is 3.20. The zero-order valence-corrected chi connectivity index (χ0v) is 14.4. The maximum Gasteiger partial charge on any atom is 0.253 e. The molecule has 0 radical (unpaired) electrons. The van der Waals surface area contributed by atoms with Gasteiger partial charge in [-0.2, -0.15) is 0 Å². The summed E-state index contributed by atoms with van der Waals surface area (Å²) in [6.45, 7) is 2.91. The number of carbonyl (C=O) groups excluding carboxylic acids is 1. The van der Waals surface area contributed by atoms with Crippen molar-refractivity contribution < 1.29 is 9.18 Å². The summed E-state index contributed by atoms with van der Waals surface area (Å²) in [4.78, 5) is 21.8. The number of primary amides is 1. The number of amides is 1. The molecule has 0 spiro atoms. The summed E-state index contributed by atoms with van der Waals surface area (Å²) < 4.78 is 13.9. The van der Waals surface area contributed by atoms with Gasteiger partial charge in [0.1, 0.15) is 22.7 Å². The monoisotopic (exact) mass is 352 g/mol. The number of nitrogens with one attached hydrogen (secondary N) is 1. The van der Waals surface area contributed by atoms with E-state index in [9.17, 15) is 9.18 Å². The second-order valence-electron chi connectivity index (χ2n) is 6.84. The first kappa shape index (κ1) is 16.7. The van der Waals surface area contributed by atoms with E-state index in [0.717, 1.165) is 38.3 Å². The third-order valence-corrected chi connectivity index (χ3v) is 5.09. The molecule has 5 nitrogen and oxygen atoms in total. The Labute approximate surface area is 151 Å². The first-order valence-electron chi connectivity index (χ1n) is 8.86. The van der Waals surface area contributed by atoms with Gasteiger partial charge in [-0.1, -0.05) is 30.3 Å². The quantitative estimate of drug-likeness (QED) is 0.757. The molecule has 0 bridgehead atoms. The van der Waals surface area contributed by atoms with Gasteiger partial charge in [-0.25, -0.2) is 9.37 Å². The molecule has 6 heteroatoms. The van der Waals surface area contributed by atoms with Gasteiger partial charge in [0.05, 0.1) is 5.52 Å². The first-order valence-corrected chi connectivity index (χ1v) is 8.86. The number of imidazole rings is 1. The number of hydrogen-bond acceptors (Lipinski definition) is 3. The summed E-state index contributed by atoms with van der Waals surface area (Å²) in [6.07, 6.45) is 1.95. The highest BCUT2D eigenvalue weighted by molar-refractivity contribution is 6.04. The van der Waals surface area contributed by atoms with Crippen LogP contribution in [0.15, 0.2) is 42.5 Å². The van der Waals surface area contributed by atoms with Gasteiger partial charge in [-0.3, -0.25) is 9.69 Å². The van der Waals surface area contributed by atoms with E-state index in [1.54, 1.807) is 6.07 Å². The minimum Gasteiger partial charge on any atom is -0.365 e. The van der Waals surface area contributed by atoms with Crippen molar-refractivity contribution >= 4 is 16.9 Å². The minimum absolute atomic E-state index is 0.133. The van der Waals surface area contributed by atoms with Crippen LogP contribution in [-0.4, -0.2) is 33.9 Å². The Bertz CT molecular complexity index is 930. The lowest BCUT2D eigenvalue weighted by molar-refractivity contribution is 0.0998. The third-order valence-electron chi connectivity index (χ3n) is 5.09. The Morgan fingerprint density at radius 3 is 2.62 bits per heavy atom. The van der Waals surface area contributed by atoms with Crippen molar-refractivity contribution in [1.29, 1.82) is 0 Å². The van der Waals surface area contributed by atoms with Crippen molar-refractivity contribution in [2.75, 3.05) is 13.1 Å². The number of piperidine rings is 1. The molecule has 3 N–H and O–H groups in total. The van der Waals surface area contributed by atoms with Crippen molar-refractivity contribution in [3.05, 3.63) is 65.2 Å². The van der Waals surface area contributed by atoms with Gasteiger partial charge in [0.2, 0.25) is 0 Å². The molecule has 2 aromatic carbocycles. The average molecular weight is 352 g/mol. The van der Waals surface area contributed by atoms with Crippen molar-refractivity contribution in [3.63, 3.8) is 0 Å². The molecule has 1 saturated heterocycles. The molecule has 1 aromatic heterocycles. The number of aromatic nitrogens is 2. The van der Waals surface area contributed by atoms with Crippen LogP contribution in [0.5, 0.6) is 0 Å². The lowest BCUT2D eigenvalue weighted by Gasteiger charge is -2.31. The summed E-state index contributed by atoms with van der Waals surface area (Å²) in [7, 11) is 0. The van der Waals surface area contributed by atoms with E-state index >= 15 is 0 Å². The Kier molecular flexibility index (Phi) is 4.42. The number of H-pyrrole nitrogens is 1. The SMILES string of the molecule is NC(=O)c1c(F)ccc2[nH]c(C3CCN(Cc4ccccc4)CC3)nc12. The van der Waals surface area contributed by atoms with Crippen LogP contribution < -0.4 is 5.73 Å². The number of aromatic amines is 1. The highest BCUT2D eigenvalue weighted by atomic mass is 19.1. The van der Waals surface area contributed by atoms with E-state index in [2.05, 4.69) is 39.1 Å². The fourth-order valence-corrected chi connectivity index (χ4v) is 3.70. The van der Waals surface area contributed by atoms with E-state index in [1.165, 1.54) is 11.6 Å². The molecular formula is C20H21FN4O. The molecule has 1 aliphatic rings. The molecule has 3 aromatic rings. The summed E-state index contributed by atoms with van der Waals surface area (Å²) in [5.41, 5.74) is 7.49. The van der Waals surface area contributed by atoms with E-state index < -0.39 is 11.7 Å². The van der Waals surface area contributed by atoms with Crippen LogP contribution in [0.25, 0.3) is 11.0 Å². The maximum absolute atomic E-state index is 13.9. The fourth-order valence-electron chi connectivity index (χ4n) is 3.70. The van der Waals surface area contributed by atoms with E-state index in [1.807, 2.05) is 6.07 Å². The Morgan fingerprint density at radius 2 is 1.92 bits per heavy atom. The second kappa shape index (κ2) is 6.88. The van der Waals surface area contributed by atoms with Crippen molar-refractivity contribution in [3.8, 4) is 0 Å². The van der Waals surface area contributed by atoms with Gasteiger partial charge in [-0.15, -0.1) is 0 Å². The Balaban J connectivity index is 1.49. The molecule has 0 aliphatic carbocycles. The molecule has 0 atom stereocenters. The number of benzene rings is 2. The Hall–Kier alpha value is -2.73. The number of halogens is 1. The first-order chi connectivity index (χ1) is 12.6. The van der Waals surface area contributed by atoms with Crippen LogP contribution >= 0.6 is 0 Å². The van der Waals surface area contributed by atoms with E-state index in [-0.39, 0.29) is 11.5 Å². The van der Waals surface area contributed by atoms with Crippen molar-refractivity contribution in [1.82, 2.24) is 14.9 Å². The predicted molar refractivity (Wildman–Crippen MR) is 98.3 cm³/mol. The van der Waals surface area contributed by atoms with Crippen LogP contribution in [0.2, 0.25) is 0 Å². The second-order valence-corrected chi connectivity index (χ2v) is 6.84. The largest absolute Gasteiger partial charge is 0.365 e. The number of carbonyl (C=O) groups is 1. The molecule has 26 heavy (non-hydrogen) atoms. The number of hydrogen-bond donors (Lipinski definition) is 2. The van der Waals surface area contributed by atoms with Crippen LogP contribution in [0, 0.1) is 5.82 Å². The summed E-state index contributed by atoms with van der Waals surface area (Å²) in [5.74, 6) is -0.324. The number of rotatable bonds is 4.